The Morgan fingerprint density at radius 2 is 1.84 bits per heavy atom. The van der Waals surface area contributed by atoms with Gasteiger partial charge in [-0.25, -0.2) is 4.98 Å². The van der Waals surface area contributed by atoms with Crippen molar-refractivity contribution in [3.63, 3.8) is 0 Å². The molecule has 5 nitrogen and oxygen atoms in total. The number of ketones is 1. The van der Waals surface area contributed by atoms with Crippen molar-refractivity contribution in [2.45, 2.75) is 51.7 Å². The highest BCUT2D eigenvalue weighted by atomic mass is 16.5. The standard InChI is InChI=1S/C32H34N2O3/c1-23-8-6-11-25(20-23)32(36-2)34-22-33-21-26(34)18-19-37-31-17-16-28-27(12-7-13-30(28)35)29(31)15-14-24-9-4-3-5-10-24/h3-6,8-11,16-17,20-22,32H,7,12-15,18-19H2,1-2H3/t32-/m0/s1. The van der Waals surface area contributed by atoms with Crippen molar-refractivity contribution in [3.05, 3.63) is 118 Å². The second-order valence-electron chi connectivity index (χ2n) is 9.72. The first kappa shape index (κ1) is 25.0. The van der Waals surface area contributed by atoms with E-state index in [0.717, 1.165) is 48.3 Å². The van der Waals surface area contributed by atoms with Gasteiger partial charge in [0.1, 0.15) is 5.75 Å². The summed E-state index contributed by atoms with van der Waals surface area (Å²) in [7, 11) is 1.72. The van der Waals surface area contributed by atoms with E-state index in [2.05, 4.69) is 58.9 Å². The molecule has 0 saturated heterocycles. The molecule has 0 bridgehead atoms. The minimum absolute atomic E-state index is 0.242. The predicted octanol–water partition coefficient (Wildman–Crippen LogP) is 6.31. The number of hydrogen-bond donors (Lipinski definition) is 0. The summed E-state index contributed by atoms with van der Waals surface area (Å²) in [6.07, 6.45) is 8.40. The molecule has 5 rings (SSSR count). The molecule has 1 heterocycles. The second kappa shape index (κ2) is 11.6. The number of imidazole rings is 1. The van der Waals surface area contributed by atoms with Gasteiger partial charge in [0, 0.05) is 43.0 Å². The number of rotatable bonds is 10. The van der Waals surface area contributed by atoms with E-state index in [1.165, 1.54) is 22.3 Å². The number of ether oxygens (including phenoxy) is 2. The Hall–Kier alpha value is -3.70. The Morgan fingerprint density at radius 3 is 2.65 bits per heavy atom. The molecule has 1 aliphatic rings. The van der Waals surface area contributed by atoms with Crippen LogP contribution in [0.15, 0.2) is 79.3 Å². The van der Waals surface area contributed by atoms with E-state index < -0.39 is 0 Å². The summed E-state index contributed by atoms with van der Waals surface area (Å²) in [6, 6.07) is 22.8. The second-order valence-corrected chi connectivity index (χ2v) is 9.72. The van der Waals surface area contributed by atoms with Gasteiger partial charge in [-0.15, -0.1) is 0 Å². The van der Waals surface area contributed by atoms with Crippen molar-refractivity contribution in [3.8, 4) is 5.75 Å². The first-order chi connectivity index (χ1) is 18.1. The summed E-state index contributed by atoms with van der Waals surface area (Å²) >= 11 is 0. The summed E-state index contributed by atoms with van der Waals surface area (Å²) < 4.78 is 14.3. The third-order valence-electron chi connectivity index (χ3n) is 7.19. The molecule has 0 fully saturated rings. The van der Waals surface area contributed by atoms with Gasteiger partial charge in [0.25, 0.3) is 0 Å². The van der Waals surface area contributed by atoms with Crippen LogP contribution in [0.4, 0.5) is 0 Å². The molecule has 37 heavy (non-hydrogen) atoms. The average Bonchev–Trinajstić information content (AvgIpc) is 3.37. The minimum atomic E-state index is -0.242. The molecule has 3 aromatic carbocycles. The highest BCUT2D eigenvalue weighted by Gasteiger charge is 2.23. The highest BCUT2D eigenvalue weighted by molar-refractivity contribution is 5.99. The molecule has 1 aliphatic carbocycles. The zero-order valence-corrected chi connectivity index (χ0v) is 21.7. The van der Waals surface area contributed by atoms with Crippen LogP contribution in [0.3, 0.4) is 0 Å². The minimum Gasteiger partial charge on any atom is -0.493 e. The number of Topliss-reactive ketones (excluding diaryl/α,β-unsaturated/α-hetero) is 1. The van der Waals surface area contributed by atoms with E-state index in [9.17, 15) is 4.79 Å². The van der Waals surface area contributed by atoms with Gasteiger partial charge in [-0.1, -0.05) is 60.2 Å². The molecule has 0 radical (unpaired) electrons. The van der Waals surface area contributed by atoms with Crippen LogP contribution in [-0.2, 0) is 30.4 Å². The lowest BCUT2D eigenvalue weighted by molar-refractivity contribution is 0.0757. The van der Waals surface area contributed by atoms with Gasteiger partial charge in [-0.05, 0) is 61.4 Å². The largest absolute Gasteiger partial charge is 0.493 e. The fourth-order valence-corrected chi connectivity index (χ4v) is 5.34. The lowest BCUT2D eigenvalue weighted by atomic mass is 9.85. The maximum absolute atomic E-state index is 12.6. The van der Waals surface area contributed by atoms with Crippen molar-refractivity contribution < 1.29 is 14.3 Å². The van der Waals surface area contributed by atoms with Crippen LogP contribution in [0.1, 0.15) is 62.9 Å². The Balaban J connectivity index is 1.34. The number of hydrogen-bond acceptors (Lipinski definition) is 4. The fraction of sp³-hybridized carbons (Fsp3) is 0.312. The Bertz CT molecular complexity index is 1360. The van der Waals surface area contributed by atoms with E-state index in [1.54, 1.807) is 7.11 Å². The predicted molar refractivity (Wildman–Crippen MR) is 145 cm³/mol. The van der Waals surface area contributed by atoms with Gasteiger partial charge in [0.05, 0.1) is 12.9 Å². The summed E-state index contributed by atoms with van der Waals surface area (Å²) in [6.45, 7) is 2.60. The summed E-state index contributed by atoms with van der Waals surface area (Å²) in [5.41, 5.74) is 7.85. The SMILES string of the molecule is CO[C@@H](c1cccc(C)c1)n1cncc1CCOc1ccc2c(c1CCc1ccccc1)CCCC2=O. The molecule has 190 valence electrons. The van der Waals surface area contributed by atoms with Crippen LogP contribution < -0.4 is 4.74 Å². The van der Waals surface area contributed by atoms with Crippen molar-refractivity contribution in [2.75, 3.05) is 13.7 Å². The number of benzene rings is 3. The lowest BCUT2D eigenvalue weighted by Gasteiger charge is -2.22. The summed E-state index contributed by atoms with van der Waals surface area (Å²) in [5.74, 6) is 1.14. The maximum atomic E-state index is 12.6. The van der Waals surface area contributed by atoms with E-state index in [1.807, 2.05) is 36.8 Å². The van der Waals surface area contributed by atoms with Crippen LogP contribution >= 0.6 is 0 Å². The molecular formula is C32H34N2O3. The summed E-state index contributed by atoms with van der Waals surface area (Å²) in [5, 5.41) is 0. The van der Waals surface area contributed by atoms with Crippen molar-refractivity contribution >= 4 is 5.78 Å². The van der Waals surface area contributed by atoms with E-state index in [4.69, 9.17) is 9.47 Å². The van der Waals surface area contributed by atoms with Crippen LogP contribution in [0, 0.1) is 6.92 Å². The zero-order valence-electron chi connectivity index (χ0n) is 21.7. The number of aromatic nitrogens is 2. The molecule has 0 spiro atoms. The van der Waals surface area contributed by atoms with Gasteiger partial charge in [-0.2, -0.15) is 0 Å². The smallest absolute Gasteiger partial charge is 0.163 e. The van der Waals surface area contributed by atoms with Gasteiger partial charge in [-0.3, -0.25) is 4.79 Å². The number of fused-ring (bicyclic) bond motifs is 1. The van der Waals surface area contributed by atoms with E-state index in [-0.39, 0.29) is 12.0 Å². The van der Waals surface area contributed by atoms with Crippen LogP contribution in [0.25, 0.3) is 0 Å². The molecule has 1 aromatic heterocycles. The van der Waals surface area contributed by atoms with Crippen LogP contribution in [-0.4, -0.2) is 29.1 Å². The molecule has 0 N–H and O–H groups in total. The topological polar surface area (TPSA) is 53.4 Å². The van der Waals surface area contributed by atoms with Gasteiger partial charge in [0.15, 0.2) is 12.0 Å². The number of methoxy groups -OCH3 is 1. The third-order valence-corrected chi connectivity index (χ3v) is 7.19. The van der Waals surface area contributed by atoms with E-state index >= 15 is 0 Å². The van der Waals surface area contributed by atoms with Crippen molar-refractivity contribution in [2.24, 2.45) is 0 Å². The van der Waals surface area contributed by atoms with Crippen molar-refractivity contribution in [1.82, 2.24) is 9.55 Å². The van der Waals surface area contributed by atoms with Gasteiger partial charge >= 0.3 is 0 Å². The summed E-state index contributed by atoms with van der Waals surface area (Å²) in [4.78, 5) is 17.0. The zero-order chi connectivity index (χ0) is 25.6. The average molecular weight is 495 g/mol. The maximum Gasteiger partial charge on any atom is 0.163 e. The van der Waals surface area contributed by atoms with Gasteiger partial charge in [0.2, 0.25) is 0 Å². The first-order valence-corrected chi connectivity index (χ1v) is 13.1. The number of aryl methyl sites for hydroxylation is 2. The van der Waals surface area contributed by atoms with Gasteiger partial charge < -0.3 is 14.0 Å². The molecule has 0 amide bonds. The van der Waals surface area contributed by atoms with E-state index in [0.29, 0.717) is 19.4 Å². The van der Waals surface area contributed by atoms with Crippen LogP contribution in [0.2, 0.25) is 0 Å². The molecule has 0 aliphatic heterocycles. The first-order valence-electron chi connectivity index (χ1n) is 13.1. The molecule has 5 heteroatoms. The quantitative estimate of drug-likeness (QED) is 0.259. The number of nitrogens with zero attached hydrogens (tertiary/aromatic N) is 2. The van der Waals surface area contributed by atoms with Crippen molar-refractivity contribution in [1.29, 1.82) is 0 Å². The Morgan fingerprint density at radius 1 is 0.973 bits per heavy atom. The normalized spacial score (nSPS) is 13.8. The fourth-order valence-electron chi connectivity index (χ4n) is 5.34. The number of carbonyl (C=O) groups is 1. The molecule has 0 unspecified atom stereocenters. The Kier molecular flexibility index (Phi) is 7.81. The molecule has 1 atom stereocenters. The highest BCUT2D eigenvalue weighted by Crippen LogP contribution is 2.33. The third kappa shape index (κ3) is 5.67. The van der Waals surface area contributed by atoms with Crippen LogP contribution in [0.5, 0.6) is 5.75 Å². The molecular weight excluding hydrogens is 460 g/mol. The lowest BCUT2D eigenvalue weighted by Crippen LogP contribution is -2.17. The Labute approximate surface area is 219 Å². The number of carbonyl (C=O) groups excluding carboxylic acids is 1. The monoisotopic (exact) mass is 494 g/mol. The molecule has 4 aromatic rings. The molecule has 0 saturated carbocycles.